The molecule has 2 heterocycles. The molecule has 5 heteroatoms. The summed E-state index contributed by atoms with van der Waals surface area (Å²) < 4.78 is 14.2. The first-order chi connectivity index (χ1) is 29.5. The van der Waals surface area contributed by atoms with Gasteiger partial charge in [-0.25, -0.2) is 0 Å². The Labute approximate surface area is 374 Å². The Hall–Kier alpha value is -5.32. The van der Waals surface area contributed by atoms with Crippen molar-refractivity contribution in [3.8, 4) is 44.9 Å². The number of allylic oxidation sites excluding steroid dienone is 2. The van der Waals surface area contributed by atoms with Gasteiger partial charge in [0.25, 0.3) is 0 Å². The summed E-state index contributed by atoms with van der Waals surface area (Å²) in [6.07, 6.45) is 4.93. The van der Waals surface area contributed by atoms with E-state index in [1.54, 1.807) is 0 Å². The molecule has 2 aliphatic rings. The molecular formula is C56H50O2Si2Zr. The molecule has 298 valence electrons. The van der Waals surface area contributed by atoms with Crippen LogP contribution in [0.5, 0.6) is 0 Å². The van der Waals surface area contributed by atoms with Crippen molar-refractivity contribution in [2.75, 3.05) is 0 Å². The first-order valence-electron chi connectivity index (χ1n) is 21.5. The summed E-state index contributed by atoms with van der Waals surface area (Å²) >= 11 is -1.45. The van der Waals surface area contributed by atoms with Crippen LogP contribution in [-0.2, 0) is 23.2 Å². The van der Waals surface area contributed by atoms with E-state index in [-0.39, 0.29) is 7.25 Å². The van der Waals surface area contributed by atoms with Crippen molar-refractivity contribution in [2.24, 2.45) is 0 Å². The normalized spacial score (nSPS) is 15.9. The van der Waals surface area contributed by atoms with Crippen molar-refractivity contribution < 1.29 is 32.1 Å². The summed E-state index contributed by atoms with van der Waals surface area (Å²) in [7, 11) is -2.87. The van der Waals surface area contributed by atoms with E-state index in [1.807, 2.05) is 0 Å². The SMILES string of the molecule is C[Si](C)(C)c1ccc(-c2cccc3c2C=C(c2ccc(-c4ccccc4)o2)[CH]3[Zr][CH]2C(c3ccc(-c4ccccc4)o3)=Cc3c(-c4ccc([Si](C)(C)C)cc4)cccc32)cc1. The average molecular weight is 902 g/mol. The van der Waals surface area contributed by atoms with Gasteiger partial charge in [-0.05, 0) is 0 Å². The third-order valence-electron chi connectivity index (χ3n) is 12.5. The van der Waals surface area contributed by atoms with E-state index in [0.717, 1.165) is 34.2 Å². The molecule has 0 N–H and O–H groups in total. The molecule has 2 aromatic heterocycles. The van der Waals surface area contributed by atoms with Crippen LogP contribution in [0, 0.1) is 0 Å². The molecule has 0 spiro atoms. The van der Waals surface area contributed by atoms with Gasteiger partial charge in [0.15, 0.2) is 0 Å². The monoisotopic (exact) mass is 900 g/mol. The van der Waals surface area contributed by atoms with Crippen molar-refractivity contribution in [3.05, 3.63) is 204 Å². The maximum absolute atomic E-state index is 6.86. The average Bonchev–Trinajstić information content (AvgIpc) is 4.10. The topological polar surface area (TPSA) is 26.3 Å². The fourth-order valence-electron chi connectivity index (χ4n) is 9.06. The molecule has 2 atom stereocenters. The van der Waals surface area contributed by atoms with Gasteiger partial charge in [-0.1, -0.05) is 0 Å². The molecule has 2 aliphatic carbocycles. The molecule has 8 aromatic rings. The van der Waals surface area contributed by atoms with Gasteiger partial charge >= 0.3 is 377 Å². The Morgan fingerprint density at radius 3 is 1.11 bits per heavy atom. The molecule has 2 nitrogen and oxygen atoms in total. The minimum atomic E-state index is -1.45. The zero-order valence-electron chi connectivity index (χ0n) is 35.8. The molecule has 61 heavy (non-hydrogen) atoms. The Morgan fingerprint density at radius 2 is 0.738 bits per heavy atom. The molecule has 0 saturated carbocycles. The third-order valence-corrected chi connectivity index (χ3v) is 21.3. The van der Waals surface area contributed by atoms with Crippen molar-refractivity contribution in [3.63, 3.8) is 0 Å². The summed E-state index contributed by atoms with van der Waals surface area (Å²) in [5, 5.41) is 2.96. The fourth-order valence-corrected chi connectivity index (χ4v) is 16.3. The molecule has 0 radical (unpaired) electrons. The van der Waals surface area contributed by atoms with Crippen LogP contribution < -0.4 is 10.4 Å². The second-order valence-electron chi connectivity index (χ2n) is 18.6. The van der Waals surface area contributed by atoms with E-state index in [2.05, 4.69) is 221 Å². The van der Waals surface area contributed by atoms with Crippen molar-refractivity contribution in [1.29, 1.82) is 0 Å². The number of benzene rings is 6. The van der Waals surface area contributed by atoms with Crippen molar-refractivity contribution >= 4 is 49.8 Å². The van der Waals surface area contributed by atoms with Gasteiger partial charge in [-0.3, -0.25) is 0 Å². The minimum absolute atomic E-state index is 0.247. The number of hydrogen-bond donors (Lipinski definition) is 0. The Kier molecular flexibility index (Phi) is 10.3. The van der Waals surface area contributed by atoms with E-state index in [9.17, 15) is 0 Å². The summed E-state index contributed by atoms with van der Waals surface area (Å²) in [5.74, 6) is 3.73. The fraction of sp³-hybridized carbons (Fsp3) is 0.143. The molecule has 10 rings (SSSR count). The summed E-state index contributed by atoms with van der Waals surface area (Å²) in [6, 6.07) is 62.5. The van der Waals surface area contributed by atoms with Crippen LogP contribution in [-0.4, -0.2) is 16.1 Å². The number of furan rings is 2. The van der Waals surface area contributed by atoms with Gasteiger partial charge in [0.2, 0.25) is 0 Å². The van der Waals surface area contributed by atoms with Gasteiger partial charge in [0.1, 0.15) is 0 Å². The van der Waals surface area contributed by atoms with Crippen LogP contribution in [0.2, 0.25) is 39.3 Å². The summed E-state index contributed by atoms with van der Waals surface area (Å²) in [6.45, 7) is 14.5. The summed E-state index contributed by atoms with van der Waals surface area (Å²) in [4.78, 5) is 0. The first-order valence-corrected chi connectivity index (χ1v) is 31.3. The van der Waals surface area contributed by atoms with Gasteiger partial charge < -0.3 is 0 Å². The third kappa shape index (κ3) is 7.67. The molecule has 0 aliphatic heterocycles. The molecular weight excluding hydrogens is 852 g/mol. The number of rotatable bonds is 10. The first kappa shape index (κ1) is 39.8. The van der Waals surface area contributed by atoms with Gasteiger partial charge in [0.05, 0.1) is 0 Å². The van der Waals surface area contributed by atoms with Crippen LogP contribution in [0.1, 0.15) is 41.0 Å². The predicted molar refractivity (Wildman–Crippen MR) is 259 cm³/mol. The van der Waals surface area contributed by atoms with E-state index >= 15 is 0 Å². The predicted octanol–water partition coefficient (Wildman–Crippen LogP) is 14.6. The maximum atomic E-state index is 6.86. The van der Waals surface area contributed by atoms with Crippen LogP contribution in [0.15, 0.2) is 179 Å². The standard InChI is InChI=1S/2C28H25OSi.Zr/c2*1-30(2,3)24-14-12-20(13-15-24)25-11-7-10-22-18-23(19-26(22)25)28-17-16-27(29-28)21-8-5-4-6-9-21;/h2*4-19H,1-3H3;. The Bertz CT molecular complexity index is 2740. The van der Waals surface area contributed by atoms with E-state index in [0.29, 0.717) is 0 Å². The zero-order valence-corrected chi connectivity index (χ0v) is 40.2. The van der Waals surface area contributed by atoms with Crippen LogP contribution in [0.4, 0.5) is 0 Å². The van der Waals surface area contributed by atoms with Crippen molar-refractivity contribution in [1.82, 2.24) is 0 Å². The van der Waals surface area contributed by atoms with Crippen LogP contribution >= 0.6 is 0 Å². The Morgan fingerprint density at radius 1 is 0.361 bits per heavy atom. The van der Waals surface area contributed by atoms with E-state index in [1.165, 1.54) is 66.0 Å². The zero-order chi connectivity index (χ0) is 41.9. The second-order valence-corrected chi connectivity index (χ2v) is 32.4. The second kappa shape index (κ2) is 15.9. The molecule has 0 saturated heterocycles. The van der Waals surface area contributed by atoms with Crippen LogP contribution in [0.3, 0.4) is 0 Å². The molecule has 0 amide bonds. The molecule has 0 fully saturated rings. The molecule has 0 bridgehead atoms. The molecule has 6 aromatic carbocycles. The Balaban J connectivity index is 1.11. The van der Waals surface area contributed by atoms with Crippen molar-refractivity contribution in [2.45, 2.75) is 46.5 Å². The molecule has 2 unspecified atom stereocenters. The van der Waals surface area contributed by atoms with E-state index < -0.39 is 39.4 Å². The van der Waals surface area contributed by atoms with Crippen LogP contribution in [0.25, 0.3) is 68.2 Å². The quantitative estimate of drug-likeness (QED) is 0.128. The summed E-state index contributed by atoms with van der Waals surface area (Å²) in [5.41, 5.74) is 15.4. The van der Waals surface area contributed by atoms with Gasteiger partial charge in [-0.15, -0.1) is 0 Å². The van der Waals surface area contributed by atoms with E-state index in [4.69, 9.17) is 8.83 Å². The number of hydrogen-bond acceptors (Lipinski definition) is 2. The van der Waals surface area contributed by atoms with Gasteiger partial charge in [-0.2, -0.15) is 0 Å². The van der Waals surface area contributed by atoms with Gasteiger partial charge in [0, 0.05) is 0 Å². The number of fused-ring (bicyclic) bond motifs is 2.